The van der Waals surface area contributed by atoms with Crippen LogP contribution in [0, 0.1) is 13.8 Å². The minimum atomic E-state index is -0.107. The SMILES string of the molecule is Cc1cc(N=Nc2ccn(C(=O)Sc3ccccc3)c2)cc(C)c1O. The molecule has 0 saturated heterocycles. The molecule has 5 nitrogen and oxygen atoms in total. The zero-order valence-electron chi connectivity index (χ0n) is 13.9. The molecule has 0 amide bonds. The van der Waals surface area contributed by atoms with Gasteiger partial charge >= 0.3 is 0 Å². The number of phenolic OH excluding ortho intramolecular Hbond substituents is 1. The van der Waals surface area contributed by atoms with Gasteiger partial charge in [0.05, 0.1) is 5.69 Å². The molecule has 0 radical (unpaired) electrons. The first-order chi connectivity index (χ1) is 12.0. The highest BCUT2D eigenvalue weighted by molar-refractivity contribution is 8.13. The number of carbonyl (C=O) groups is 1. The van der Waals surface area contributed by atoms with Crippen LogP contribution in [0.1, 0.15) is 11.1 Å². The van der Waals surface area contributed by atoms with Gasteiger partial charge in [-0.15, -0.1) is 5.11 Å². The first-order valence-corrected chi connectivity index (χ1v) is 8.52. The van der Waals surface area contributed by atoms with Crippen LogP contribution < -0.4 is 0 Å². The number of phenols is 1. The van der Waals surface area contributed by atoms with Gasteiger partial charge in [0.1, 0.15) is 11.4 Å². The maximum Gasteiger partial charge on any atom is 0.294 e. The molecule has 0 bridgehead atoms. The fourth-order valence-corrected chi connectivity index (χ4v) is 3.02. The standard InChI is InChI=1S/C19H17N3O2S/c1-13-10-16(11-14(2)18(13)23)21-20-15-8-9-22(12-15)19(24)25-17-6-4-3-5-7-17/h3-12,23H,1-2H3. The van der Waals surface area contributed by atoms with Crippen LogP contribution in [0.25, 0.3) is 0 Å². The Hall–Kier alpha value is -2.86. The van der Waals surface area contributed by atoms with Crippen molar-refractivity contribution in [3.05, 3.63) is 72.1 Å². The van der Waals surface area contributed by atoms with E-state index in [0.717, 1.165) is 27.8 Å². The number of rotatable bonds is 3. The van der Waals surface area contributed by atoms with Gasteiger partial charge in [0.25, 0.3) is 5.24 Å². The monoisotopic (exact) mass is 351 g/mol. The summed E-state index contributed by atoms with van der Waals surface area (Å²) in [5, 5.41) is 18.0. The summed E-state index contributed by atoms with van der Waals surface area (Å²) in [6.07, 6.45) is 3.31. The van der Waals surface area contributed by atoms with Gasteiger partial charge in [-0.25, -0.2) is 0 Å². The predicted octanol–water partition coefficient (Wildman–Crippen LogP) is 5.99. The lowest BCUT2D eigenvalue weighted by Gasteiger charge is -2.03. The van der Waals surface area contributed by atoms with E-state index in [0.29, 0.717) is 11.4 Å². The van der Waals surface area contributed by atoms with E-state index in [4.69, 9.17) is 0 Å². The third-order valence-electron chi connectivity index (χ3n) is 3.59. The quantitative estimate of drug-likeness (QED) is 0.466. The van der Waals surface area contributed by atoms with Crippen LogP contribution >= 0.6 is 11.8 Å². The highest BCUT2D eigenvalue weighted by atomic mass is 32.2. The first-order valence-electron chi connectivity index (χ1n) is 7.70. The average molecular weight is 351 g/mol. The summed E-state index contributed by atoms with van der Waals surface area (Å²) in [5.74, 6) is 0.272. The van der Waals surface area contributed by atoms with Gasteiger partial charge in [0, 0.05) is 17.3 Å². The molecule has 0 unspecified atom stereocenters. The molecular formula is C19H17N3O2S. The van der Waals surface area contributed by atoms with E-state index < -0.39 is 0 Å². The Morgan fingerprint density at radius 1 is 1.00 bits per heavy atom. The van der Waals surface area contributed by atoms with E-state index in [1.807, 2.05) is 44.2 Å². The number of aromatic nitrogens is 1. The largest absolute Gasteiger partial charge is 0.507 e. The lowest BCUT2D eigenvalue weighted by atomic mass is 10.1. The molecule has 126 valence electrons. The van der Waals surface area contributed by atoms with Gasteiger partial charge < -0.3 is 5.11 Å². The van der Waals surface area contributed by atoms with E-state index in [-0.39, 0.29) is 11.0 Å². The Balaban J connectivity index is 1.72. The molecule has 0 aliphatic rings. The van der Waals surface area contributed by atoms with Crippen LogP contribution in [0.15, 0.2) is 76.0 Å². The average Bonchev–Trinajstić information content (AvgIpc) is 3.08. The topological polar surface area (TPSA) is 67.0 Å². The van der Waals surface area contributed by atoms with Crippen molar-refractivity contribution in [2.45, 2.75) is 18.7 Å². The molecule has 6 heteroatoms. The van der Waals surface area contributed by atoms with Crippen LogP contribution in [0.5, 0.6) is 5.75 Å². The summed E-state index contributed by atoms with van der Waals surface area (Å²) in [4.78, 5) is 13.1. The van der Waals surface area contributed by atoms with E-state index in [9.17, 15) is 9.90 Å². The molecule has 25 heavy (non-hydrogen) atoms. The highest BCUT2D eigenvalue weighted by Gasteiger charge is 2.08. The van der Waals surface area contributed by atoms with Crippen LogP contribution in [0.2, 0.25) is 0 Å². The first kappa shape index (κ1) is 17.0. The van der Waals surface area contributed by atoms with E-state index >= 15 is 0 Å². The van der Waals surface area contributed by atoms with Crippen LogP contribution in [0.4, 0.5) is 16.2 Å². The van der Waals surface area contributed by atoms with Gasteiger partial charge in [0.2, 0.25) is 0 Å². The number of thioether (sulfide) groups is 1. The maximum absolute atomic E-state index is 12.3. The third kappa shape index (κ3) is 4.16. The number of hydrogen-bond donors (Lipinski definition) is 1. The Kier molecular flexibility index (Phi) is 5.00. The number of benzene rings is 2. The minimum absolute atomic E-state index is 0.107. The van der Waals surface area contributed by atoms with Gasteiger partial charge in [-0.2, -0.15) is 5.11 Å². The minimum Gasteiger partial charge on any atom is -0.507 e. The van der Waals surface area contributed by atoms with E-state index in [1.54, 1.807) is 30.6 Å². The molecule has 3 rings (SSSR count). The lowest BCUT2D eigenvalue weighted by molar-refractivity contribution is 0.262. The molecule has 0 atom stereocenters. The van der Waals surface area contributed by atoms with Crippen molar-refractivity contribution in [2.75, 3.05) is 0 Å². The van der Waals surface area contributed by atoms with Gasteiger partial charge in [-0.05, 0) is 67.1 Å². The Morgan fingerprint density at radius 2 is 1.64 bits per heavy atom. The fourth-order valence-electron chi connectivity index (χ4n) is 2.31. The van der Waals surface area contributed by atoms with E-state index in [2.05, 4.69) is 10.2 Å². The number of aromatic hydroxyl groups is 1. The molecule has 3 aromatic rings. The van der Waals surface area contributed by atoms with Crippen molar-refractivity contribution in [2.24, 2.45) is 10.2 Å². The van der Waals surface area contributed by atoms with Crippen molar-refractivity contribution in [3.8, 4) is 5.75 Å². The van der Waals surface area contributed by atoms with Crippen molar-refractivity contribution < 1.29 is 9.90 Å². The molecule has 0 aliphatic carbocycles. The molecule has 2 aromatic carbocycles. The molecule has 1 N–H and O–H groups in total. The molecule has 0 saturated carbocycles. The van der Waals surface area contributed by atoms with E-state index in [1.165, 1.54) is 4.57 Å². The van der Waals surface area contributed by atoms with Crippen LogP contribution in [-0.4, -0.2) is 14.9 Å². The Bertz CT molecular complexity index is 910. The molecule has 0 aliphatic heterocycles. The summed E-state index contributed by atoms with van der Waals surface area (Å²) in [6.45, 7) is 3.63. The van der Waals surface area contributed by atoms with Crippen molar-refractivity contribution >= 4 is 28.4 Å². The summed E-state index contributed by atoms with van der Waals surface area (Å²) < 4.78 is 1.49. The molecule has 1 heterocycles. The summed E-state index contributed by atoms with van der Waals surface area (Å²) in [7, 11) is 0. The summed E-state index contributed by atoms with van der Waals surface area (Å²) >= 11 is 1.15. The zero-order valence-corrected chi connectivity index (χ0v) is 14.7. The second-order valence-electron chi connectivity index (χ2n) is 5.59. The summed E-state index contributed by atoms with van der Waals surface area (Å²) in [5.41, 5.74) is 2.75. The third-order valence-corrected chi connectivity index (χ3v) is 4.49. The molecule has 1 aromatic heterocycles. The molecule has 0 spiro atoms. The fraction of sp³-hybridized carbons (Fsp3) is 0.105. The highest BCUT2D eigenvalue weighted by Crippen LogP contribution is 2.28. The number of azo groups is 1. The van der Waals surface area contributed by atoms with Crippen molar-refractivity contribution in [3.63, 3.8) is 0 Å². The normalized spacial score (nSPS) is 11.1. The van der Waals surface area contributed by atoms with Gasteiger partial charge in [-0.1, -0.05) is 18.2 Å². The van der Waals surface area contributed by atoms with Gasteiger partial charge in [-0.3, -0.25) is 9.36 Å². The Labute approximate surface area is 150 Å². The maximum atomic E-state index is 12.3. The number of aryl methyl sites for hydroxylation is 2. The number of hydrogen-bond acceptors (Lipinski definition) is 5. The Morgan fingerprint density at radius 3 is 2.32 bits per heavy atom. The predicted molar refractivity (Wildman–Crippen MR) is 99.3 cm³/mol. The molecule has 0 fully saturated rings. The number of nitrogens with zero attached hydrogens (tertiary/aromatic N) is 3. The van der Waals surface area contributed by atoms with Crippen molar-refractivity contribution in [1.29, 1.82) is 0 Å². The lowest BCUT2D eigenvalue weighted by Crippen LogP contribution is -2.00. The van der Waals surface area contributed by atoms with Crippen molar-refractivity contribution in [1.82, 2.24) is 4.57 Å². The number of carbonyl (C=O) groups excluding carboxylic acids is 1. The molecular weight excluding hydrogens is 334 g/mol. The van der Waals surface area contributed by atoms with Gasteiger partial charge in [0.15, 0.2) is 0 Å². The van der Waals surface area contributed by atoms with Crippen LogP contribution in [-0.2, 0) is 0 Å². The van der Waals surface area contributed by atoms with Crippen LogP contribution in [0.3, 0.4) is 0 Å². The summed E-state index contributed by atoms with van der Waals surface area (Å²) in [6, 6.07) is 14.7. The second kappa shape index (κ2) is 7.36. The smallest absolute Gasteiger partial charge is 0.294 e. The second-order valence-corrected chi connectivity index (χ2v) is 6.61. The zero-order chi connectivity index (χ0) is 17.8.